The highest BCUT2D eigenvalue weighted by molar-refractivity contribution is 7.11. The summed E-state index contributed by atoms with van der Waals surface area (Å²) in [5.74, 6) is -0.598. The molecule has 0 unspecified atom stereocenters. The van der Waals surface area contributed by atoms with Crippen LogP contribution in [0.1, 0.15) is 16.0 Å². The van der Waals surface area contributed by atoms with Crippen LogP contribution in [-0.4, -0.2) is 21.7 Å². The van der Waals surface area contributed by atoms with E-state index in [-0.39, 0.29) is 18.4 Å². The number of carbonyl (C=O) groups excluding carboxylic acids is 2. The van der Waals surface area contributed by atoms with E-state index in [0.29, 0.717) is 11.3 Å². The topological polar surface area (TPSA) is 62.3 Å². The third-order valence-corrected chi connectivity index (χ3v) is 5.32. The first-order valence-electron chi connectivity index (χ1n) is 8.51. The lowest BCUT2D eigenvalue weighted by Gasteiger charge is -2.15. The van der Waals surface area contributed by atoms with Gasteiger partial charge in [-0.05, 0) is 47.7 Å². The highest BCUT2D eigenvalue weighted by atomic mass is 32.1. The molecule has 5 nitrogen and oxygen atoms in total. The summed E-state index contributed by atoms with van der Waals surface area (Å²) in [6.45, 7) is 2.18. The predicted molar refractivity (Wildman–Crippen MR) is 106 cm³/mol. The number of anilines is 1. The lowest BCUT2D eigenvalue weighted by Crippen LogP contribution is -2.32. The Kier molecular flexibility index (Phi) is 4.56. The van der Waals surface area contributed by atoms with Crippen LogP contribution in [0.25, 0.3) is 5.57 Å². The molecule has 3 heterocycles. The minimum Gasteiger partial charge on any atom is -0.350 e. The molecule has 1 N–H and O–H groups in total. The molecule has 6 heteroatoms. The first kappa shape index (κ1) is 17.2. The van der Waals surface area contributed by atoms with Crippen molar-refractivity contribution in [3.05, 3.63) is 88.0 Å². The third kappa shape index (κ3) is 3.27. The number of rotatable bonds is 5. The molecule has 2 amide bonds. The molecule has 134 valence electrons. The second-order valence-electron chi connectivity index (χ2n) is 6.22. The summed E-state index contributed by atoms with van der Waals surface area (Å²) < 4.78 is 0. The van der Waals surface area contributed by atoms with Crippen LogP contribution in [-0.2, 0) is 16.1 Å². The van der Waals surface area contributed by atoms with Crippen molar-refractivity contribution in [3.63, 3.8) is 0 Å². The molecule has 2 aromatic heterocycles. The van der Waals surface area contributed by atoms with Crippen molar-refractivity contribution in [2.45, 2.75) is 13.5 Å². The number of hydrogen-bond acceptors (Lipinski definition) is 5. The molecule has 1 aliphatic heterocycles. The number of imide groups is 1. The van der Waals surface area contributed by atoms with Gasteiger partial charge in [0.1, 0.15) is 5.70 Å². The maximum atomic E-state index is 13.1. The Labute approximate surface area is 161 Å². The summed E-state index contributed by atoms with van der Waals surface area (Å²) in [7, 11) is 0. The van der Waals surface area contributed by atoms with Gasteiger partial charge < -0.3 is 5.32 Å². The smallest absolute Gasteiger partial charge is 0.278 e. The van der Waals surface area contributed by atoms with E-state index in [1.54, 1.807) is 24.5 Å². The van der Waals surface area contributed by atoms with E-state index < -0.39 is 0 Å². The van der Waals surface area contributed by atoms with Crippen LogP contribution >= 0.6 is 11.3 Å². The second-order valence-corrected chi connectivity index (χ2v) is 7.17. The van der Waals surface area contributed by atoms with Gasteiger partial charge in [-0.15, -0.1) is 11.3 Å². The standard InChI is InChI=1S/C21H17N3O2S/c1-14-5-2-3-6-16(14)23-19-18(17-7-4-12-27-17)20(25)24(21(19)26)13-15-8-10-22-11-9-15/h2-12,23H,13H2,1H3. The summed E-state index contributed by atoms with van der Waals surface area (Å²) in [4.78, 5) is 32.3. The SMILES string of the molecule is Cc1ccccc1NC1=C(c2cccs2)C(=O)N(Cc2ccncc2)C1=O. The van der Waals surface area contributed by atoms with E-state index in [1.807, 2.05) is 48.7 Å². The average Bonchev–Trinajstić information content (AvgIpc) is 3.28. The molecule has 0 bridgehead atoms. The highest BCUT2D eigenvalue weighted by Crippen LogP contribution is 2.34. The Morgan fingerprint density at radius 1 is 1.00 bits per heavy atom. The number of hydrogen-bond donors (Lipinski definition) is 1. The van der Waals surface area contributed by atoms with E-state index in [1.165, 1.54) is 16.2 Å². The minimum absolute atomic E-state index is 0.216. The number of aryl methyl sites for hydroxylation is 1. The fourth-order valence-corrected chi connectivity index (χ4v) is 3.77. The van der Waals surface area contributed by atoms with Crippen LogP contribution in [0.4, 0.5) is 5.69 Å². The molecule has 1 aromatic carbocycles. The molecular weight excluding hydrogens is 358 g/mol. The van der Waals surface area contributed by atoms with Crippen LogP contribution in [0.2, 0.25) is 0 Å². The zero-order chi connectivity index (χ0) is 18.8. The van der Waals surface area contributed by atoms with Crippen LogP contribution in [0, 0.1) is 6.92 Å². The molecule has 0 radical (unpaired) electrons. The Morgan fingerprint density at radius 2 is 1.78 bits per heavy atom. The van der Waals surface area contributed by atoms with Crippen molar-refractivity contribution in [3.8, 4) is 0 Å². The van der Waals surface area contributed by atoms with E-state index in [2.05, 4.69) is 10.3 Å². The van der Waals surface area contributed by atoms with Gasteiger partial charge in [0.2, 0.25) is 0 Å². The number of carbonyl (C=O) groups is 2. The second kappa shape index (κ2) is 7.17. The summed E-state index contributed by atoms with van der Waals surface area (Å²) in [6.07, 6.45) is 3.31. The van der Waals surface area contributed by atoms with Crippen molar-refractivity contribution in [1.29, 1.82) is 0 Å². The largest absolute Gasteiger partial charge is 0.350 e. The molecule has 3 aromatic rings. The summed E-state index contributed by atoms with van der Waals surface area (Å²) in [6, 6.07) is 15.0. The number of para-hydroxylation sites is 1. The monoisotopic (exact) mass is 375 g/mol. The van der Waals surface area contributed by atoms with Crippen molar-refractivity contribution >= 4 is 34.4 Å². The lowest BCUT2D eigenvalue weighted by molar-refractivity contribution is -0.137. The van der Waals surface area contributed by atoms with Crippen LogP contribution in [0.3, 0.4) is 0 Å². The zero-order valence-electron chi connectivity index (χ0n) is 14.7. The van der Waals surface area contributed by atoms with Crippen molar-refractivity contribution < 1.29 is 9.59 Å². The average molecular weight is 375 g/mol. The summed E-state index contributed by atoms with van der Waals surface area (Å²) in [5, 5.41) is 5.11. The molecule has 1 aliphatic rings. The molecule has 0 spiro atoms. The molecule has 27 heavy (non-hydrogen) atoms. The number of nitrogens with one attached hydrogen (secondary N) is 1. The van der Waals surface area contributed by atoms with Gasteiger partial charge in [0, 0.05) is 23.0 Å². The molecule has 0 aliphatic carbocycles. The van der Waals surface area contributed by atoms with Crippen LogP contribution < -0.4 is 5.32 Å². The lowest BCUT2D eigenvalue weighted by atomic mass is 10.1. The fraction of sp³-hybridized carbons (Fsp3) is 0.0952. The van der Waals surface area contributed by atoms with E-state index in [4.69, 9.17) is 0 Å². The van der Waals surface area contributed by atoms with E-state index in [0.717, 1.165) is 21.7 Å². The number of thiophene rings is 1. The first-order chi connectivity index (χ1) is 13.1. The molecule has 4 rings (SSSR count). The number of benzene rings is 1. The Balaban J connectivity index is 1.73. The number of aromatic nitrogens is 1. The predicted octanol–water partition coefficient (Wildman–Crippen LogP) is 3.84. The van der Waals surface area contributed by atoms with Gasteiger partial charge in [0.15, 0.2) is 0 Å². The van der Waals surface area contributed by atoms with Crippen LogP contribution in [0.15, 0.2) is 72.0 Å². The van der Waals surface area contributed by atoms with Gasteiger partial charge in [0.25, 0.3) is 11.8 Å². The third-order valence-electron chi connectivity index (χ3n) is 4.43. The van der Waals surface area contributed by atoms with Crippen molar-refractivity contribution in [2.75, 3.05) is 5.32 Å². The summed E-state index contributed by atoms with van der Waals surface area (Å²) >= 11 is 1.45. The Hall–Kier alpha value is -3.25. The number of pyridine rings is 1. The van der Waals surface area contributed by atoms with Crippen molar-refractivity contribution in [1.82, 2.24) is 9.88 Å². The zero-order valence-corrected chi connectivity index (χ0v) is 15.5. The van der Waals surface area contributed by atoms with Gasteiger partial charge in [-0.2, -0.15) is 0 Å². The fourth-order valence-electron chi connectivity index (χ4n) is 3.00. The Bertz CT molecular complexity index is 1030. The van der Waals surface area contributed by atoms with E-state index >= 15 is 0 Å². The number of nitrogens with zero attached hydrogens (tertiary/aromatic N) is 2. The van der Waals surface area contributed by atoms with Gasteiger partial charge in [0.05, 0.1) is 12.1 Å². The molecule has 0 saturated carbocycles. The quantitative estimate of drug-likeness (QED) is 0.688. The molecule has 0 atom stereocenters. The number of amides is 2. The first-order valence-corrected chi connectivity index (χ1v) is 9.39. The van der Waals surface area contributed by atoms with Gasteiger partial charge in [-0.25, -0.2) is 0 Å². The molecular formula is C21H17N3O2S. The minimum atomic E-state index is -0.316. The Morgan fingerprint density at radius 3 is 2.48 bits per heavy atom. The van der Waals surface area contributed by atoms with Crippen molar-refractivity contribution in [2.24, 2.45) is 0 Å². The van der Waals surface area contributed by atoms with Gasteiger partial charge in [-0.3, -0.25) is 19.5 Å². The highest BCUT2D eigenvalue weighted by Gasteiger charge is 2.39. The molecule has 0 fully saturated rings. The summed E-state index contributed by atoms with van der Waals surface area (Å²) in [5.41, 5.74) is 3.42. The molecule has 0 saturated heterocycles. The van der Waals surface area contributed by atoms with Gasteiger partial charge in [-0.1, -0.05) is 24.3 Å². The van der Waals surface area contributed by atoms with Crippen LogP contribution in [0.5, 0.6) is 0 Å². The van der Waals surface area contributed by atoms with E-state index in [9.17, 15) is 9.59 Å². The maximum absolute atomic E-state index is 13.1. The van der Waals surface area contributed by atoms with Gasteiger partial charge >= 0.3 is 0 Å². The maximum Gasteiger partial charge on any atom is 0.278 e. The normalized spacial score (nSPS) is 14.2.